The van der Waals surface area contributed by atoms with Crippen molar-refractivity contribution >= 4 is 10.8 Å². The second-order valence-corrected chi connectivity index (χ2v) is 6.76. The van der Waals surface area contributed by atoms with E-state index >= 15 is 0 Å². The SMILES string of the molecule is CCCCCS(=O)C1CCCCCCC1N. The van der Waals surface area contributed by atoms with E-state index in [9.17, 15) is 4.21 Å². The molecule has 3 atom stereocenters. The molecule has 0 aliphatic heterocycles. The van der Waals surface area contributed by atoms with Gasteiger partial charge in [-0.05, 0) is 19.3 Å². The van der Waals surface area contributed by atoms with E-state index < -0.39 is 10.8 Å². The molecule has 2 N–H and O–H groups in total. The fraction of sp³-hybridized carbons (Fsp3) is 1.00. The van der Waals surface area contributed by atoms with Crippen molar-refractivity contribution in [3.63, 3.8) is 0 Å². The zero-order valence-electron chi connectivity index (χ0n) is 10.6. The minimum Gasteiger partial charge on any atom is -0.327 e. The summed E-state index contributed by atoms with van der Waals surface area (Å²) in [7, 11) is -0.682. The summed E-state index contributed by atoms with van der Waals surface area (Å²) in [6, 6.07) is 0.183. The van der Waals surface area contributed by atoms with Crippen LogP contribution in [0.4, 0.5) is 0 Å². The van der Waals surface area contributed by atoms with E-state index in [1.807, 2.05) is 0 Å². The highest BCUT2D eigenvalue weighted by atomic mass is 32.2. The van der Waals surface area contributed by atoms with Gasteiger partial charge in [-0.2, -0.15) is 0 Å². The standard InChI is InChI=1S/C13H27NOS/c1-2-3-8-11-16(15)13-10-7-5-4-6-9-12(13)14/h12-13H,2-11,14H2,1H3. The van der Waals surface area contributed by atoms with Gasteiger partial charge in [0, 0.05) is 27.8 Å². The van der Waals surface area contributed by atoms with Crippen LogP contribution in [-0.4, -0.2) is 21.3 Å². The topological polar surface area (TPSA) is 43.1 Å². The number of rotatable bonds is 5. The summed E-state index contributed by atoms with van der Waals surface area (Å²) < 4.78 is 12.2. The van der Waals surface area contributed by atoms with Crippen molar-refractivity contribution in [2.24, 2.45) is 5.73 Å². The fourth-order valence-electron chi connectivity index (χ4n) is 2.45. The minimum atomic E-state index is -0.682. The molecule has 16 heavy (non-hydrogen) atoms. The van der Waals surface area contributed by atoms with Gasteiger partial charge in [0.05, 0.1) is 0 Å². The summed E-state index contributed by atoms with van der Waals surface area (Å²) in [4.78, 5) is 0. The Morgan fingerprint density at radius 2 is 1.81 bits per heavy atom. The fourth-order valence-corrected chi connectivity index (χ4v) is 4.20. The predicted molar refractivity (Wildman–Crippen MR) is 72.0 cm³/mol. The molecular weight excluding hydrogens is 218 g/mol. The first-order valence-electron chi connectivity index (χ1n) is 6.88. The molecule has 0 amide bonds. The van der Waals surface area contributed by atoms with Crippen molar-refractivity contribution in [3.8, 4) is 0 Å². The van der Waals surface area contributed by atoms with Gasteiger partial charge in [0.1, 0.15) is 0 Å². The van der Waals surface area contributed by atoms with E-state index in [1.165, 1.54) is 38.5 Å². The summed E-state index contributed by atoms with van der Waals surface area (Å²) in [5, 5.41) is 0.275. The number of nitrogens with two attached hydrogens (primary N) is 1. The van der Waals surface area contributed by atoms with Gasteiger partial charge < -0.3 is 5.73 Å². The molecule has 1 aliphatic carbocycles. The van der Waals surface area contributed by atoms with Crippen molar-refractivity contribution in [2.75, 3.05) is 5.75 Å². The van der Waals surface area contributed by atoms with Gasteiger partial charge in [0.25, 0.3) is 0 Å². The van der Waals surface area contributed by atoms with Gasteiger partial charge in [0.15, 0.2) is 0 Å². The second kappa shape index (κ2) is 8.24. The van der Waals surface area contributed by atoms with Crippen LogP contribution in [0.1, 0.15) is 64.7 Å². The molecule has 1 fully saturated rings. The molecule has 0 radical (unpaired) electrons. The molecule has 1 aliphatic rings. The Morgan fingerprint density at radius 3 is 2.50 bits per heavy atom. The Labute approximate surface area is 103 Å². The van der Waals surface area contributed by atoms with E-state index in [2.05, 4.69) is 6.92 Å². The molecule has 0 heterocycles. The van der Waals surface area contributed by atoms with E-state index in [0.717, 1.165) is 25.0 Å². The molecule has 0 saturated heterocycles. The molecule has 3 unspecified atom stereocenters. The first-order valence-corrected chi connectivity index (χ1v) is 8.26. The predicted octanol–water partition coefficient (Wildman–Crippen LogP) is 2.98. The third-order valence-electron chi connectivity index (χ3n) is 3.54. The van der Waals surface area contributed by atoms with Crippen LogP contribution < -0.4 is 5.73 Å². The second-order valence-electron chi connectivity index (χ2n) is 4.99. The largest absolute Gasteiger partial charge is 0.327 e. The maximum absolute atomic E-state index is 12.2. The smallest absolute Gasteiger partial charge is 0.0499 e. The summed E-state index contributed by atoms with van der Waals surface area (Å²) in [5.41, 5.74) is 6.16. The Bertz CT molecular complexity index is 208. The number of unbranched alkanes of at least 4 members (excludes halogenated alkanes) is 2. The van der Waals surface area contributed by atoms with Gasteiger partial charge in [0.2, 0.25) is 0 Å². The van der Waals surface area contributed by atoms with Gasteiger partial charge in [-0.15, -0.1) is 0 Å². The van der Waals surface area contributed by atoms with Crippen molar-refractivity contribution < 1.29 is 4.21 Å². The lowest BCUT2D eigenvalue weighted by Gasteiger charge is -2.25. The lowest BCUT2D eigenvalue weighted by atomic mass is 9.97. The van der Waals surface area contributed by atoms with Gasteiger partial charge in [-0.1, -0.05) is 45.4 Å². The Balaban J connectivity index is 2.37. The van der Waals surface area contributed by atoms with Crippen LogP contribution in [0.25, 0.3) is 0 Å². The molecule has 0 aromatic rings. The molecule has 0 spiro atoms. The molecule has 3 heteroatoms. The third-order valence-corrected chi connectivity index (χ3v) is 5.49. The molecule has 0 bridgehead atoms. The van der Waals surface area contributed by atoms with Crippen LogP contribution in [0.5, 0.6) is 0 Å². The Morgan fingerprint density at radius 1 is 1.12 bits per heavy atom. The van der Waals surface area contributed by atoms with Gasteiger partial charge in [-0.3, -0.25) is 4.21 Å². The molecular formula is C13H27NOS. The van der Waals surface area contributed by atoms with Crippen LogP contribution in [0.3, 0.4) is 0 Å². The first kappa shape index (κ1) is 14.2. The molecule has 1 rings (SSSR count). The molecule has 0 aromatic carbocycles. The van der Waals surface area contributed by atoms with Crippen LogP contribution in [0, 0.1) is 0 Å². The normalized spacial score (nSPS) is 29.4. The lowest BCUT2D eigenvalue weighted by Crippen LogP contribution is -2.39. The molecule has 96 valence electrons. The van der Waals surface area contributed by atoms with Gasteiger partial charge >= 0.3 is 0 Å². The third kappa shape index (κ3) is 4.96. The van der Waals surface area contributed by atoms with E-state index in [0.29, 0.717) is 0 Å². The molecule has 2 nitrogen and oxygen atoms in total. The molecule has 0 aromatic heterocycles. The van der Waals surface area contributed by atoms with E-state index in [4.69, 9.17) is 5.73 Å². The maximum atomic E-state index is 12.2. The highest BCUT2D eigenvalue weighted by Gasteiger charge is 2.24. The molecule has 1 saturated carbocycles. The zero-order valence-corrected chi connectivity index (χ0v) is 11.4. The van der Waals surface area contributed by atoms with Gasteiger partial charge in [-0.25, -0.2) is 0 Å². The number of hydrogen-bond donors (Lipinski definition) is 1. The first-order chi connectivity index (χ1) is 7.75. The summed E-state index contributed by atoms with van der Waals surface area (Å²) >= 11 is 0. The van der Waals surface area contributed by atoms with Crippen LogP contribution in [0.15, 0.2) is 0 Å². The van der Waals surface area contributed by atoms with E-state index in [1.54, 1.807) is 0 Å². The average molecular weight is 245 g/mol. The van der Waals surface area contributed by atoms with Crippen molar-refractivity contribution in [1.29, 1.82) is 0 Å². The van der Waals surface area contributed by atoms with Crippen LogP contribution in [-0.2, 0) is 10.8 Å². The maximum Gasteiger partial charge on any atom is 0.0499 e. The lowest BCUT2D eigenvalue weighted by molar-refractivity contribution is 0.456. The minimum absolute atomic E-state index is 0.183. The zero-order chi connectivity index (χ0) is 11.8. The average Bonchev–Trinajstić information content (AvgIpc) is 2.24. The van der Waals surface area contributed by atoms with Crippen molar-refractivity contribution in [1.82, 2.24) is 0 Å². The highest BCUT2D eigenvalue weighted by Crippen LogP contribution is 2.21. The van der Waals surface area contributed by atoms with E-state index in [-0.39, 0.29) is 11.3 Å². The Hall–Kier alpha value is 0.110. The van der Waals surface area contributed by atoms with Crippen molar-refractivity contribution in [3.05, 3.63) is 0 Å². The highest BCUT2D eigenvalue weighted by molar-refractivity contribution is 7.85. The summed E-state index contributed by atoms with van der Waals surface area (Å²) in [6.07, 6.45) is 10.7. The summed E-state index contributed by atoms with van der Waals surface area (Å²) in [6.45, 7) is 2.18. The Kier molecular flexibility index (Phi) is 7.30. The monoisotopic (exact) mass is 245 g/mol. The quantitative estimate of drug-likeness (QED) is 0.757. The van der Waals surface area contributed by atoms with Crippen LogP contribution in [0.2, 0.25) is 0 Å². The van der Waals surface area contributed by atoms with Crippen LogP contribution >= 0.6 is 0 Å². The van der Waals surface area contributed by atoms with Crippen molar-refractivity contribution in [2.45, 2.75) is 76.0 Å². The number of hydrogen-bond acceptors (Lipinski definition) is 2. The summed E-state index contributed by atoms with van der Waals surface area (Å²) in [5.74, 6) is 0.867.